The van der Waals surface area contributed by atoms with E-state index < -0.39 is 0 Å². The third-order valence-corrected chi connectivity index (χ3v) is 3.25. The van der Waals surface area contributed by atoms with Crippen LogP contribution in [0.5, 0.6) is 0 Å². The maximum absolute atomic E-state index is 11.5. The molecule has 1 rings (SSSR count). The molecular formula is C11H11IO. The highest BCUT2D eigenvalue weighted by molar-refractivity contribution is 14.1. The second kappa shape index (κ2) is 4.56. The van der Waals surface area contributed by atoms with Gasteiger partial charge in [0.15, 0.2) is 5.78 Å². The van der Waals surface area contributed by atoms with Gasteiger partial charge in [0.05, 0.1) is 0 Å². The van der Waals surface area contributed by atoms with Crippen LogP contribution in [0.4, 0.5) is 0 Å². The number of halogens is 1. The average Bonchev–Trinajstić information content (AvgIpc) is 2.10. The van der Waals surface area contributed by atoms with Crippen LogP contribution in [0.15, 0.2) is 30.9 Å². The Balaban J connectivity index is 3.07. The third kappa shape index (κ3) is 2.40. The van der Waals surface area contributed by atoms with Crippen LogP contribution in [-0.4, -0.2) is 5.78 Å². The SMILES string of the molecule is C=CCC(=O)c1cccc(C)c1I. The van der Waals surface area contributed by atoms with Crippen LogP contribution >= 0.6 is 22.6 Å². The summed E-state index contributed by atoms with van der Waals surface area (Å²) < 4.78 is 1.05. The normalized spacial score (nSPS) is 9.69. The molecule has 0 saturated carbocycles. The molecule has 0 atom stereocenters. The molecule has 0 heterocycles. The molecule has 2 heteroatoms. The van der Waals surface area contributed by atoms with E-state index in [-0.39, 0.29) is 5.78 Å². The smallest absolute Gasteiger partial charge is 0.167 e. The number of hydrogen-bond acceptors (Lipinski definition) is 1. The summed E-state index contributed by atoms with van der Waals surface area (Å²) in [5.41, 5.74) is 1.95. The Morgan fingerprint density at radius 2 is 2.31 bits per heavy atom. The summed E-state index contributed by atoms with van der Waals surface area (Å²) in [5, 5.41) is 0. The maximum Gasteiger partial charge on any atom is 0.167 e. The molecule has 0 bridgehead atoms. The molecule has 0 aliphatic carbocycles. The number of allylic oxidation sites excluding steroid dienone is 1. The molecular weight excluding hydrogens is 275 g/mol. The van der Waals surface area contributed by atoms with Crippen molar-refractivity contribution in [2.24, 2.45) is 0 Å². The van der Waals surface area contributed by atoms with Crippen molar-refractivity contribution < 1.29 is 4.79 Å². The highest BCUT2D eigenvalue weighted by atomic mass is 127. The Labute approximate surface area is 92.0 Å². The van der Waals surface area contributed by atoms with Gasteiger partial charge in [-0.25, -0.2) is 0 Å². The van der Waals surface area contributed by atoms with Gasteiger partial charge in [-0.15, -0.1) is 6.58 Å². The molecule has 0 aromatic heterocycles. The van der Waals surface area contributed by atoms with Crippen molar-refractivity contribution in [2.75, 3.05) is 0 Å². The molecule has 1 nitrogen and oxygen atoms in total. The number of ketones is 1. The van der Waals surface area contributed by atoms with Gasteiger partial charge in [0.25, 0.3) is 0 Å². The first-order valence-electron chi connectivity index (χ1n) is 4.06. The molecule has 1 aromatic rings. The molecule has 0 spiro atoms. The number of Topliss-reactive ketones (excluding diaryl/α,β-unsaturated/α-hetero) is 1. The van der Waals surface area contributed by atoms with Crippen LogP contribution < -0.4 is 0 Å². The van der Waals surface area contributed by atoms with Crippen LogP contribution in [0.2, 0.25) is 0 Å². The first-order valence-corrected chi connectivity index (χ1v) is 5.14. The summed E-state index contributed by atoms with van der Waals surface area (Å²) in [6, 6.07) is 5.78. The van der Waals surface area contributed by atoms with Gasteiger partial charge < -0.3 is 0 Å². The molecule has 0 unspecified atom stereocenters. The number of aryl methyl sites for hydroxylation is 1. The molecule has 0 saturated heterocycles. The van der Waals surface area contributed by atoms with Gasteiger partial charge in [0, 0.05) is 15.6 Å². The monoisotopic (exact) mass is 286 g/mol. The van der Waals surface area contributed by atoms with Crippen LogP contribution in [0.1, 0.15) is 22.3 Å². The van der Waals surface area contributed by atoms with E-state index in [0.29, 0.717) is 6.42 Å². The molecule has 0 aliphatic rings. The molecule has 0 fully saturated rings. The molecule has 0 aliphatic heterocycles. The Morgan fingerprint density at radius 1 is 1.62 bits per heavy atom. The highest BCUT2D eigenvalue weighted by Gasteiger charge is 2.08. The molecule has 0 radical (unpaired) electrons. The van der Waals surface area contributed by atoms with Crippen molar-refractivity contribution in [1.29, 1.82) is 0 Å². The number of rotatable bonds is 3. The predicted molar refractivity (Wildman–Crippen MR) is 63.0 cm³/mol. The van der Waals surface area contributed by atoms with Crippen LogP contribution in [0.25, 0.3) is 0 Å². The number of carbonyl (C=O) groups is 1. The lowest BCUT2D eigenvalue weighted by Gasteiger charge is -2.03. The quantitative estimate of drug-likeness (QED) is 0.473. The standard InChI is InChI=1S/C11H11IO/c1-3-5-10(13)9-7-4-6-8(2)11(9)12/h3-4,6-7H,1,5H2,2H3. The van der Waals surface area contributed by atoms with E-state index in [1.54, 1.807) is 6.08 Å². The molecule has 13 heavy (non-hydrogen) atoms. The average molecular weight is 286 g/mol. The van der Waals surface area contributed by atoms with Crippen LogP contribution in [0.3, 0.4) is 0 Å². The maximum atomic E-state index is 11.5. The van der Waals surface area contributed by atoms with Crippen LogP contribution in [-0.2, 0) is 0 Å². The summed E-state index contributed by atoms with van der Waals surface area (Å²) in [6.07, 6.45) is 2.06. The lowest BCUT2D eigenvalue weighted by Crippen LogP contribution is -2.01. The second-order valence-electron chi connectivity index (χ2n) is 2.85. The number of hydrogen-bond donors (Lipinski definition) is 0. The Bertz CT molecular complexity index is 342. The van der Waals surface area contributed by atoms with Crippen molar-refractivity contribution in [3.63, 3.8) is 0 Å². The van der Waals surface area contributed by atoms with Crippen molar-refractivity contribution >= 4 is 28.4 Å². The second-order valence-corrected chi connectivity index (χ2v) is 3.93. The largest absolute Gasteiger partial charge is 0.294 e. The van der Waals surface area contributed by atoms with Gasteiger partial charge in [0.1, 0.15) is 0 Å². The molecule has 0 amide bonds. The van der Waals surface area contributed by atoms with Crippen molar-refractivity contribution in [1.82, 2.24) is 0 Å². The Hall–Kier alpha value is -0.640. The van der Waals surface area contributed by atoms with Crippen molar-refractivity contribution in [3.05, 3.63) is 45.6 Å². The fourth-order valence-electron chi connectivity index (χ4n) is 1.10. The van der Waals surface area contributed by atoms with Gasteiger partial charge in [-0.3, -0.25) is 4.79 Å². The van der Waals surface area contributed by atoms with E-state index in [0.717, 1.165) is 14.7 Å². The predicted octanol–water partition coefficient (Wildman–Crippen LogP) is 3.36. The minimum atomic E-state index is 0.142. The summed E-state index contributed by atoms with van der Waals surface area (Å²) in [7, 11) is 0. The highest BCUT2D eigenvalue weighted by Crippen LogP contribution is 2.18. The van der Waals surface area contributed by atoms with Gasteiger partial charge in [0.2, 0.25) is 0 Å². The topological polar surface area (TPSA) is 17.1 Å². The fourth-order valence-corrected chi connectivity index (χ4v) is 1.76. The van der Waals surface area contributed by atoms with E-state index in [9.17, 15) is 4.79 Å². The first kappa shape index (κ1) is 10.4. The summed E-state index contributed by atoms with van der Waals surface area (Å²) in [6.45, 7) is 5.56. The van der Waals surface area contributed by atoms with Crippen molar-refractivity contribution in [3.8, 4) is 0 Å². The van der Waals surface area contributed by atoms with E-state index >= 15 is 0 Å². The fraction of sp³-hybridized carbons (Fsp3) is 0.182. The zero-order valence-corrected chi connectivity index (χ0v) is 9.67. The zero-order chi connectivity index (χ0) is 9.84. The molecule has 68 valence electrons. The number of benzene rings is 1. The Kier molecular flexibility index (Phi) is 3.66. The first-order chi connectivity index (χ1) is 6.16. The minimum absolute atomic E-state index is 0.142. The third-order valence-electron chi connectivity index (χ3n) is 1.82. The van der Waals surface area contributed by atoms with Gasteiger partial charge in [-0.2, -0.15) is 0 Å². The summed E-state index contributed by atoms with van der Waals surface area (Å²) >= 11 is 2.20. The van der Waals surface area contributed by atoms with E-state index in [2.05, 4.69) is 29.2 Å². The number of carbonyl (C=O) groups excluding carboxylic acids is 1. The lowest BCUT2D eigenvalue weighted by atomic mass is 10.1. The van der Waals surface area contributed by atoms with Gasteiger partial charge >= 0.3 is 0 Å². The van der Waals surface area contributed by atoms with E-state index in [4.69, 9.17) is 0 Å². The summed E-state index contributed by atoms with van der Waals surface area (Å²) in [4.78, 5) is 11.5. The van der Waals surface area contributed by atoms with Crippen molar-refractivity contribution in [2.45, 2.75) is 13.3 Å². The van der Waals surface area contributed by atoms with Gasteiger partial charge in [-0.05, 0) is 35.1 Å². The van der Waals surface area contributed by atoms with E-state index in [1.807, 2.05) is 25.1 Å². The summed E-state index contributed by atoms with van der Waals surface area (Å²) in [5.74, 6) is 0.142. The molecule has 1 aromatic carbocycles. The lowest BCUT2D eigenvalue weighted by molar-refractivity contribution is 0.0995. The minimum Gasteiger partial charge on any atom is -0.294 e. The molecule has 0 N–H and O–H groups in total. The Morgan fingerprint density at radius 3 is 2.92 bits per heavy atom. The van der Waals surface area contributed by atoms with Gasteiger partial charge in [-0.1, -0.05) is 24.3 Å². The van der Waals surface area contributed by atoms with Crippen LogP contribution in [0, 0.1) is 10.5 Å². The van der Waals surface area contributed by atoms with E-state index in [1.165, 1.54) is 0 Å². The zero-order valence-electron chi connectivity index (χ0n) is 7.51.